The summed E-state index contributed by atoms with van der Waals surface area (Å²) >= 11 is 0. The lowest BCUT2D eigenvalue weighted by Crippen LogP contribution is -2.21. The highest BCUT2D eigenvalue weighted by Crippen LogP contribution is 2.26. The molecule has 17 heavy (non-hydrogen) atoms. The van der Waals surface area contributed by atoms with Crippen molar-refractivity contribution in [2.24, 2.45) is 0 Å². The lowest BCUT2D eigenvalue weighted by atomic mass is 9.98. The van der Waals surface area contributed by atoms with Crippen LogP contribution in [0.15, 0.2) is 34.9 Å². The van der Waals surface area contributed by atoms with Crippen LogP contribution >= 0.6 is 0 Å². The summed E-state index contributed by atoms with van der Waals surface area (Å²) < 4.78 is 5.36. The summed E-state index contributed by atoms with van der Waals surface area (Å²) in [5.41, 5.74) is 1.00. The molecule has 4 nitrogen and oxygen atoms in total. The maximum Gasteiger partial charge on any atom is 0.230 e. The van der Waals surface area contributed by atoms with E-state index in [0.717, 1.165) is 37.4 Å². The molecule has 1 fully saturated rings. The Morgan fingerprint density at radius 1 is 1.06 bits per heavy atom. The molecule has 1 radical (unpaired) electrons. The SMILES string of the molecule is c1ccc(-c2noc(C3CC[N]CC3)n2)cc1. The summed E-state index contributed by atoms with van der Waals surface area (Å²) in [5.74, 6) is 1.83. The Labute approximate surface area is 100 Å². The van der Waals surface area contributed by atoms with Gasteiger partial charge in [0.1, 0.15) is 0 Å². The van der Waals surface area contributed by atoms with E-state index in [1.54, 1.807) is 0 Å². The predicted molar refractivity (Wildman–Crippen MR) is 63.6 cm³/mol. The van der Waals surface area contributed by atoms with Crippen LogP contribution in [0, 0.1) is 0 Å². The Morgan fingerprint density at radius 2 is 1.82 bits per heavy atom. The summed E-state index contributed by atoms with van der Waals surface area (Å²) in [6, 6.07) is 9.92. The summed E-state index contributed by atoms with van der Waals surface area (Å²) in [6.07, 6.45) is 2.05. The highest BCUT2D eigenvalue weighted by Gasteiger charge is 2.21. The first-order valence-corrected chi connectivity index (χ1v) is 5.96. The highest BCUT2D eigenvalue weighted by molar-refractivity contribution is 5.53. The van der Waals surface area contributed by atoms with Crippen molar-refractivity contribution < 1.29 is 4.52 Å². The van der Waals surface area contributed by atoms with Crippen LogP contribution in [-0.2, 0) is 0 Å². The highest BCUT2D eigenvalue weighted by atomic mass is 16.5. The number of hydrogen-bond acceptors (Lipinski definition) is 3. The molecule has 0 N–H and O–H groups in total. The van der Waals surface area contributed by atoms with Crippen LogP contribution in [0.1, 0.15) is 24.7 Å². The maximum atomic E-state index is 5.36. The van der Waals surface area contributed by atoms with Gasteiger partial charge in [-0.1, -0.05) is 35.5 Å². The smallest absolute Gasteiger partial charge is 0.230 e. The monoisotopic (exact) mass is 228 g/mol. The van der Waals surface area contributed by atoms with Gasteiger partial charge >= 0.3 is 0 Å². The molecule has 0 atom stereocenters. The van der Waals surface area contributed by atoms with Crippen molar-refractivity contribution in [2.45, 2.75) is 18.8 Å². The Hall–Kier alpha value is -1.68. The van der Waals surface area contributed by atoms with Gasteiger partial charge in [-0.15, -0.1) is 0 Å². The second kappa shape index (κ2) is 4.67. The van der Waals surface area contributed by atoms with E-state index in [2.05, 4.69) is 15.5 Å². The van der Waals surface area contributed by atoms with Gasteiger partial charge in [0, 0.05) is 24.6 Å². The van der Waals surface area contributed by atoms with E-state index >= 15 is 0 Å². The Kier molecular flexibility index (Phi) is 2.88. The summed E-state index contributed by atoms with van der Waals surface area (Å²) in [6.45, 7) is 1.82. The molecule has 0 bridgehead atoms. The molecule has 2 heterocycles. The van der Waals surface area contributed by atoms with E-state index < -0.39 is 0 Å². The van der Waals surface area contributed by atoms with Crippen LogP contribution in [0.2, 0.25) is 0 Å². The number of hydrogen-bond donors (Lipinski definition) is 0. The van der Waals surface area contributed by atoms with Gasteiger partial charge in [0.2, 0.25) is 11.7 Å². The first kappa shape index (κ1) is 10.5. The Bertz CT molecular complexity index is 474. The van der Waals surface area contributed by atoms with Crippen LogP contribution in [-0.4, -0.2) is 23.2 Å². The van der Waals surface area contributed by atoms with Crippen molar-refractivity contribution in [3.8, 4) is 11.4 Å². The van der Waals surface area contributed by atoms with Crippen LogP contribution < -0.4 is 5.32 Å². The molecular formula is C13H14N3O. The summed E-state index contributed by atoms with van der Waals surface area (Å²) in [7, 11) is 0. The molecule has 4 heteroatoms. The molecule has 0 aliphatic carbocycles. The Balaban J connectivity index is 1.83. The Morgan fingerprint density at radius 3 is 2.59 bits per heavy atom. The number of benzene rings is 1. The van der Waals surface area contributed by atoms with Crippen LogP contribution in [0.25, 0.3) is 11.4 Å². The molecule has 0 unspecified atom stereocenters. The standard InChI is InChI=1S/C13H14N3O/c1-2-4-10(5-3-1)12-15-13(17-16-12)11-6-8-14-9-7-11/h1-5,11H,6-9H2. The molecule has 0 amide bonds. The molecule has 0 saturated carbocycles. The third kappa shape index (κ3) is 2.22. The molecule has 1 saturated heterocycles. The van der Waals surface area contributed by atoms with E-state index in [1.165, 1.54) is 0 Å². The van der Waals surface area contributed by atoms with Gasteiger partial charge in [-0.25, -0.2) is 5.32 Å². The van der Waals surface area contributed by atoms with Gasteiger partial charge < -0.3 is 4.52 Å². The minimum Gasteiger partial charge on any atom is -0.339 e. The maximum absolute atomic E-state index is 5.36. The normalized spacial score (nSPS) is 17.2. The quantitative estimate of drug-likeness (QED) is 0.792. The minimum atomic E-state index is 0.387. The summed E-state index contributed by atoms with van der Waals surface area (Å²) in [4.78, 5) is 4.48. The topological polar surface area (TPSA) is 53.0 Å². The van der Waals surface area contributed by atoms with Crippen LogP contribution in [0.3, 0.4) is 0 Å². The zero-order valence-electron chi connectivity index (χ0n) is 9.54. The third-order valence-corrected chi connectivity index (χ3v) is 3.09. The summed E-state index contributed by atoms with van der Waals surface area (Å²) in [5, 5.41) is 8.37. The van der Waals surface area contributed by atoms with Crippen molar-refractivity contribution in [3.63, 3.8) is 0 Å². The molecule has 1 aliphatic rings. The van der Waals surface area contributed by atoms with Gasteiger partial charge in [0.25, 0.3) is 0 Å². The number of piperidine rings is 1. The zero-order chi connectivity index (χ0) is 11.5. The van der Waals surface area contributed by atoms with Crippen LogP contribution in [0.5, 0.6) is 0 Å². The van der Waals surface area contributed by atoms with Crippen molar-refractivity contribution in [3.05, 3.63) is 36.2 Å². The second-order valence-electron chi connectivity index (χ2n) is 4.27. The van der Waals surface area contributed by atoms with E-state index in [0.29, 0.717) is 11.7 Å². The number of rotatable bonds is 2. The van der Waals surface area contributed by atoms with Crippen molar-refractivity contribution in [1.29, 1.82) is 0 Å². The lowest BCUT2D eigenvalue weighted by molar-refractivity contribution is 0.319. The van der Waals surface area contributed by atoms with E-state index in [1.807, 2.05) is 30.3 Å². The van der Waals surface area contributed by atoms with Gasteiger partial charge in [-0.2, -0.15) is 4.98 Å². The molecule has 1 aliphatic heterocycles. The average molecular weight is 228 g/mol. The van der Waals surface area contributed by atoms with Gasteiger partial charge in [0.05, 0.1) is 0 Å². The van der Waals surface area contributed by atoms with E-state index in [-0.39, 0.29) is 0 Å². The molecule has 1 aromatic heterocycles. The number of aromatic nitrogens is 2. The van der Waals surface area contributed by atoms with Crippen molar-refractivity contribution in [2.75, 3.05) is 13.1 Å². The molecule has 87 valence electrons. The minimum absolute atomic E-state index is 0.387. The fourth-order valence-electron chi connectivity index (χ4n) is 2.10. The van der Waals surface area contributed by atoms with Gasteiger partial charge in [0.15, 0.2) is 0 Å². The molecule has 0 spiro atoms. The average Bonchev–Trinajstić information content (AvgIpc) is 2.90. The first-order valence-electron chi connectivity index (χ1n) is 5.96. The van der Waals surface area contributed by atoms with E-state index in [9.17, 15) is 0 Å². The van der Waals surface area contributed by atoms with Crippen molar-refractivity contribution in [1.82, 2.24) is 15.5 Å². The zero-order valence-corrected chi connectivity index (χ0v) is 9.54. The fourth-order valence-corrected chi connectivity index (χ4v) is 2.10. The first-order chi connectivity index (χ1) is 8.43. The lowest BCUT2D eigenvalue weighted by Gasteiger charge is -2.17. The van der Waals surface area contributed by atoms with E-state index in [4.69, 9.17) is 4.52 Å². The largest absolute Gasteiger partial charge is 0.339 e. The van der Waals surface area contributed by atoms with Crippen LogP contribution in [0.4, 0.5) is 0 Å². The fraction of sp³-hybridized carbons (Fsp3) is 0.385. The van der Waals surface area contributed by atoms with Crippen molar-refractivity contribution >= 4 is 0 Å². The number of nitrogens with zero attached hydrogens (tertiary/aromatic N) is 3. The molecule has 3 rings (SSSR count). The molecular weight excluding hydrogens is 214 g/mol. The second-order valence-corrected chi connectivity index (χ2v) is 4.27. The van der Waals surface area contributed by atoms with Gasteiger partial charge in [-0.05, 0) is 12.8 Å². The van der Waals surface area contributed by atoms with Gasteiger partial charge in [-0.3, -0.25) is 0 Å². The molecule has 1 aromatic carbocycles. The predicted octanol–water partition coefficient (Wildman–Crippen LogP) is 2.22. The third-order valence-electron chi connectivity index (χ3n) is 3.09. The molecule has 2 aromatic rings.